The molecule has 31 heavy (non-hydrogen) atoms. The summed E-state index contributed by atoms with van der Waals surface area (Å²) in [5.41, 5.74) is 1.64. The van der Waals surface area contributed by atoms with Crippen LogP contribution < -0.4 is 9.47 Å². The second kappa shape index (κ2) is 10.5. The highest BCUT2D eigenvalue weighted by Crippen LogP contribution is 2.34. The number of carbonyl (C=O) groups excluding carboxylic acids is 3. The van der Waals surface area contributed by atoms with Crippen molar-refractivity contribution < 1.29 is 28.6 Å². The molecule has 7 nitrogen and oxygen atoms in total. The molecule has 2 amide bonds. The predicted octanol–water partition coefficient (Wildman–Crippen LogP) is 4.64. The number of methoxy groups -OCH3 is 1. The van der Waals surface area contributed by atoms with Gasteiger partial charge >= 0.3 is 5.97 Å². The molecule has 0 bridgehead atoms. The summed E-state index contributed by atoms with van der Waals surface area (Å²) in [6.07, 6.45) is 1.59. The summed E-state index contributed by atoms with van der Waals surface area (Å²) in [6.45, 7) is 1.77. The summed E-state index contributed by atoms with van der Waals surface area (Å²) in [6, 6.07) is 13.0. The number of carbonyl (C=O) groups is 3. The number of amides is 2. The second-order valence-electron chi connectivity index (χ2n) is 6.40. The van der Waals surface area contributed by atoms with E-state index in [2.05, 4.69) is 15.9 Å². The molecule has 1 fully saturated rings. The number of thioether (sulfide) groups is 1. The fraction of sp³-hybridized carbons (Fsp3) is 0.227. The van der Waals surface area contributed by atoms with Crippen LogP contribution in [0.5, 0.6) is 11.5 Å². The van der Waals surface area contributed by atoms with Crippen LogP contribution in [-0.4, -0.2) is 42.3 Å². The lowest BCUT2D eigenvalue weighted by Gasteiger charge is -2.12. The van der Waals surface area contributed by atoms with Crippen molar-refractivity contribution in [2.75, 3.05) is 20.3 Å². The van der Waals surface area contributed by atoms with Crippen molar-refractivity contribution in [2.24, 2.45) is 0 Å². The number of benzene rings is 2. The van der Waals surface area contributed by atoms with E-state index in [1.807, 2.05) is 24.3 Å². The number of rotatable bonds is 8. The van der Waals surface area contributed by atoms with Crippen LogP contribution in [0.2, 0.25) is 0 Å². The van der Waals surface area contributed by atoms with Crippen LogP contribution in [0.1, 0.15) is 18.1 Å². The fourth-order valence-corrected chi connectivity index (χ4v) is 3.86. The Morgan fingerprint density at radius 3 is 2.55 bits per heavy atom. The first kappa shape index (κ1) is 22.9. The smallest absolute Gasteiger partial charge is 0.326 e. The molecule has 9 heteroatoms. The van der Waals surface area contributed by atoms with E-state index in [9.17, 15) is 14.4 Å². The molecule has 0 saturated carbocycles. The van der Waals surface area contributed by atoms with E-state index < -0.39 is 23.7 Å². The normalized spacial score (nSPS) is 14.8. The van der Waals surface area contributed by atoms with Crippen molar-refractivity contribution in [2.45, 2.75) is 13.5 Å². The Kier molecular flexibility index (Phi) is 7.75. The maximum absolute atomic E-state index is 12.6. The average Bonchev–Trinajstić information content (AvgIpc) is 3.01. The summed E-state index contributed by atoms with van der Waals surface area (Å²) in [7, 11) is 1.54. The standard InChI is InChI=1S/C22H20BrNO6S/c1-3-29-20(25)12-24-21(26)19(31-22(24)27)11-15-6-9-17(28-2)18(10-15)30-13-14-4-7-16(23)8-5-14/h4-11H,3,12-13H2,1-2H3/b19-11-. The van der Waals surface area contributed by atoms with Gasteiger partial charge < -0.3 is 14.2 Å². The Hall–Kier alpha value is -2.78. The summed E-state index contributed by atoms with van der Waals surface area (Å²) >= 11 is 4.18. The molecule has 1 aliphatic rings. The lowest BCUT2D eigenvalue weighted by molar-refractivity contribution is -0.145. The van der Waals surface area contributed by atoms with Gasteiger partial charge in [-0.25, -0.2) is 0 Å². The van der Waals surface area contributed by atoms with Crippen LogP contribution >= 0.6 is 27.7 Å². The van der Waals surface area contributed by atoms with Gasteiger partial charge in [-0.3, -0.25) is 19.3 Å². The van der Waals surface area contributed by atoms with E-state index in [4.69, 9.17) is 14.2 Å². The molecule has 0 atom stereocenters. The maximum atomic E-state index is 12.6. The largest absolute Gasteiger partial charge is 0.493 e. The zero-order valence-electron chi connectivity index (χ0n) is 16.9. The molecule has 1 heterocycles. The van der Waals surface area contributed by atoms with Gasteiger partial charge in [-0.05, 0) is 60.2 Å². The third kappa shape index (κ3) is 5.89. The van der Waals surface area contributed by atoms with Gasteiger partial charge in [0.05, 0.1) is 18.6 Å². The van der Waals surface area contributed by atoms with Crippen molar-refractivity contribution >= 4 is 50.9 Å². The van der Waals surface area contributed by atoms with Gasteiger partial charge in [-0.15, -0.1) is 0 Å². The summed E-state index contributed by atoms with van der Waals surface area (Å²) < 4.78 is 17.1. The lowest BCUT2D eigenvalue weighted by Crippen LogP contribution is -2.34. The van der Waals surface area contributed by atoms with Crippen LogP contribution in [0.3, 0.4) is 0 Å². The lowest BCUT2D eigenvalue weighted by atomic mass is 10.1. The summed E-state index contributed by atoms with van der Waals surface area (Å²) in [5, 5.41) is -0.510. The van der Waals surface area contributed by atoms with E-state index in [1.54, 1.807) is 38.3 Å². The maximum Gasteiger partial charge on any atom is 0.326 e. The highest BCUT2D eigenvalue weighted by Gasteiger charge is 2.36. The molecule has 162 valence electrons. The fourth-order valence-electron chi connectivity index (χ4n) is 2.76. The molecule has 0 aliphatic carbocycles. The second-order valence-corrected chi connectivity index (χ2v) is 8.31. The monoisotopic (exact) mass is 505 g/mol. The number of ether oxygens (including phenoxy) is 3. The minimum Gasteiger partial charge on any atom is -0.493 e. The number of imide groups is 1. The Bertz CT molecular complexity index is 1020. The highest BCUT2D eigenvalue weighted by atomic mass is 79.9. The summed E-state index contributed by atoms with van der Waals surface area (Å²) in [5.74, 6) is -0.107. The number of esters is 1. The minimum absolute atomic E-state index is 0.180. The number of halogens is 1. The van der Waals surface area contributed by atoms with Gasteiger partial charge in [0.15, 0.2) is 11.5 Å². The van der Waals surface area contributed by atoms with E-state index in [0.717, 1.165) is 26.7 Å². The van der Waals surface area contributed by atoms with Crippen LogP contribution in [0.25, 0.3) is 6.08 Å². The van der Waals surface area contributed by atoms with Crippen LogP contribution in [0.15, 0.2) is 51.8 Å². The molecule has 0 N–H and O–H groups in total. The molecular weight excluding hydrogens is 486 g/mol. The molecule has 0 aromatic heterocycles. The Morgan fingerprint density at radius 2 is 1.87 bits per heavy atom. The molecule has 2 aromatic carbocycles. The molecule has 0 unspecified atom stereocenters. The van der Waals surface area contributed by atoms with Crippen LogP contribution in [0.4, 0.5) is 4.79 Å². The van der Waals surface area contributed by atoms with Gasteiger partial charge in [0.2, 0.25) is 0 Å². The molecule has 1 aliphatic heterocycles. The molecule has 2 aromatic rings. The van der Waals surface area contributed by atoms with Gasteiger partial charge in [0.1, 0.15) is 13.2 Å². The zero-order chi connectivity index (χ0) is 22.4. The quantitative estimate of drug-likeness (QED) is 0.381. The van der Waals surface area contributed by atoms with Gasteiger partial charge in [-0.1, -0.05) is 34.1 Å². The predicted molar refractivity (Wildman–Crippen MR) is 121 cm³/mol. The van der Waals surface area contributed by atoms with E-state index >= 15 is 0 Å². The molecule has 0 radical (unpaired) electrons. The molecule has 1 saturated heterocycles. The summed E-state index contributed by atoms with van der Waals surface area (Å²) in [4.78, 5) is 37.4. The third-order valence-corrected chi connectivity index (χ3v) is 5.70. The van der Waals surface area contributed by atoms with Crippen molar-refractivity contribution in [1.82, 2.24) is 4.90 Å². The van der Waals surface area contributed by atoms with Crippen LogP contribution in [-0.2, 0) is 20.9 Å². The van der Waals surface area contributed by atoms with Gasteiger partial charge in [-0.2, -0.15) is 0 Å². The first-order chi connectivity index (χ1) is 14.9. The molecule has 3 rings (SSSR count). The minimum atomic E-state index is -0.626. The first-order valence-corrected chi connectivity index (χ1v) is 11.0. The Labute approximate surface area is 192 Å². The Balaban J connectivity index is 1.76. The van der Waals surface area contributed by atoms with Crippen LogP contribution in [0, 0.1) is 0 Å². The van der Waals surface area contributed by atoms with Crippen molar-refractivity contribution in [1.29, 1.82) is 0 Å². The van der Waals surface area contributed by atoms with E-state index in [0.29, 0.717) is 23.7 Å². The number of hydrogen-bond donors (Lipinski definition) is 0. The average molecular weight is 506 g/mol. The van der Waals surface area contributed by atoms with Crippen molar-refractivity contribution in [3.63, 3.8) is 0 Å². The number of hydrogen-bond acceptors (Lipinski definition) is 7. The SMILES string of the molecule is CCOC(=O)CN1C(=O)S/C(=C\c2ccc(OC)c(OCc3ccc(Br)cc3)c2)C1=O. The first-order valence-electron chi connectivity index (χ1n) is 9.37. The topological polar surface area (TPSA) is 82.1 Å². The van der Waals surface area contributed by atoms with Crippen molar-refractivity contribution in [3.8, 4) is 11.5 Å². The van der Waals surface area contributed by atoms with Gasteiger partial charge in [0, 0.05) is 4.47 Å². The van der Waals surface area contributed by atoms with Gasteiger partial charge in [0.25, 0.3) is 11.1 Å². The zero-order valence-corrected chi connectivity index (χ0v) is 19.3. The third-order valence-electron chi connectivity index (χ3n) is 4.26. The Morgan fingerprint density at radius 1 is 1.13 bits per heavy atom. The van der Waals surface area contributed by atoms with Crippen molar-refractivity contribution in [3.05, 3.63) is 63.0 Å². The molecular formula is C22H20BrNO6S. The highest BCUT2D eigenvalue weighted by molar-refractivity contribution is 9.10. The molecule has 0 spiro atoms. The van der Waals surface area contributed by atoms with E-state index in [1.165, 1.54) is 0 Å². The van der Waals surface area contributed by atoms with E-state index in [-0.39, 0.29) is 11.5 Å². The number of nitrogens with zero attached hydrogens (tertiary/aromatic N) is 1.